The quantitative estimate of drug-likeness (QED) is 0.902. The maximum absolute atomic E-state index is 13.9. The molecule has 0 aromatic carbocycles. The summed E-state index contributed by atoms with van der Waals surface area (Å²) in [6.45, 7) is 5.13. The maximum atomic E-state index is 13.9. The van der Waals surface area contributed by atoms with Gasteiger partial charge in [-0.1, -0.05) is 0 Å². The van der Waals surface area contributed by atoms with E-state index in [1.54, 1.807) is 6.20 Å². The second kappa shape index (κ2) is 5.18. The average Bonchev–Trinajstić information content (AvgIpc) is 2.87. The van der Waals surface area contributed by atoms with E-state index in [1.165, 1.54) is 17.5 Å². The van der Waals surface area contributed by atoms with E-state index < -0.39 is 0 Å². The summed E-state index contributed by atoms with van der Waals surface area (Å²) in [5.74, 6) is 0.560. The highest BCUT2D eigenvalue weighted by Gasteiger charge is 2.18. The van der Waals surface area contributed by atoms with E-state index in [4.69, 9.17) is 0 Å². The van der Waals surface area contributed by atoms with Crippen molar-refractivity contribution in [2.45, 2.75) is 6.92 Å². The number of hydrogen-bond donors (Lipinski definition) is 1. The van der Waals surface area contributed by atoms with Gasteiger partial charge in [0.15, 0.2) is 17.5 Å². The van der Waals surface area contributed by atoms with E-state index in [9.17, 15) is 4.39 Å². The second-order valence-corrected chi connectivity index (χ2v) is 5.58. The van der Waals surface area contributed by atoms with Gasteiger partial charge in [-0.15, -0.1) is 11.3 Å². The Morgan fingerprint density at radius 1 is 1.26 bits per heavy atom. The normalized spacial score (nSPS) is 15.8. The van der Waals surface area contributed by atoms with Crippen LogP contribution in [0.2, 0.25) is 0 Å². The first-order valence-electron chi connectivity index (χ1n) is 6.15. The highest BCUT2D eigenvalue weighted by atomic mass is 32.1. The first-order valence-corrected chi connectivity index (χ1v) is 6.97. The smallest absolute Gasteiger partial charge is 0.183 e. The fourth-order valence-corrected chi connectivity index (χ4v) is 2.76. The van der Waals surface area contributed by atoms with Crippen LogP contribution < -0.4 is 10.2 Å². The lowest BCUT2D eigenvalue weighted by Crippen LogP contribution is -2.44. The first kappa shape index (κ1) is 12.4. The molecule has 2 aromatic rings. The van der Waals surface area contributed by atoms with Crippen LogP contribution in [0.1, 0.15) is 5.01 Å². The number of halogens is 1. The zero-order valence-electron chi connectivity index (χ0n) is 10.6. The average molecular weight is 279 g/mol. The molecule has 0 unspecified atom stereocenters. The number of nitrogens with zero attached hydrogens (tertiary/aromatic N) is 4. The van der Waals surface area contributed by atoms with Crippen LogP contribution >= 0.6 is 11.3 Å². The molecule has 1 aliphatic heterocycles. The molecule has 1 saturated heterocycles. The van der Waals surface area contributed by atoms with Crippen LogP contribution in [0.15, 0.2) is 12.4 Å². The predicted octanol–water partition coefficient (Wildman–Crippen LogP) is 1.46. The van der Waals surface area contributed by atoms with Crippen LogP contribution in [-0.2, 0) is 0 Å². The van der Waals surface area contributed by atoms with Crippen molar-refractivity contribution in [3.63, 3.8) is 0 Å². The third-order valence-electron chi connectivity index (χ3n) is 2.98. The fraction of sp³-hybridized carbons (Fsp3) is 0.417. The minimum atomic E-state index is -0.369. The molecular weight excluding hydrogens is 265 g/mol. The zero-order chi connectivity index (χ0) is 13.2. The number of hydrogen-bond acceptors (Lipinski definition) is 6. The molecule has 1 N–H and O–H groups in total. The fourth-order valence-electron chi connectivity index (χ4n) is 2.04. The van der Waals surface area contributed by atoms with Gasteiger partial charge >= 0.3 is 0 Å². The summed E-state index contributed by atoms with van der Waals surface area (Å²) >= 11 is 1.51. The van der Waals surface area contributed by atoms with Crippen LogP contribution in [0.5, 0.6) is 0 Å². The summed E-state index contributed by atoms with van der Waals surface area (Å²) in [4.78, 5) is 15.4. The van der Waals surface area contributed by atoms with Crippen LogP contribution in [0.4, 0.5) is 10.2 Å². The Bertz CT molecular complexity index is 579. The first-order chi connectivity index (χ1) is 9.24. The molecule has 3 rings (SSSR count). The van der Waals surface area contributed by atoms with E-state index in [0.717, 1.165) is 36.1 Å². The van der Waals surface area contributed by atoms with Crippen molar-refractivity contribution in [2.24, 2.45) is 0 Å². The molecule has 5 nitrogen and oxygen atoms in total. The van der Waals surface area contributed by atoms with Gasteiger partial charge in [0.1, 0.15) is 0 Å². The van der Waals surface area contributed by atoms with Crippen molar-refractivity contribution < 1.29 is 4.39 Å². The van der Waals surface area contributed by atoms with Crippen LogP contribution in [-0.4, -0.2) is 41.1 Å². The molecule has 0 spiro atoms. The largest absolute Gasteiger partial charge is 0.352 e. The second-order valence-electron chi connectivity index (χ2n) is 4.35. The number of anilines is 1. The van der Waals surface area contributed by atoms with E-state index in [2.05, 4.69) is 20.3 Å². The third-order valence-corrected chi connectivity index (χ3v) is 3.89. The molecule has 2 aromatic heterocycles. The highest BCUT2D eigenvalue weighted by molar-refractivity contribution is 7.14. The topological polar surface area (TPSA) is 53.9 Å². The molecule has 0 saturated carbocycles. The molecule has 3 heterocycles. The molecule has 19 heavy (non-hydrogen) atoms. The Balaban J connectivity index is 1.95. The summed E-state index contributed by atoms with van der Waals surface area (Å²) in [6.07, 6.45) is 2.98. The van der Waals surface area contributed by atoms with Crippen molar-refractivity contribution in [2.75, 3.05) is 31.1 Å². The van der Waals surface area contributed by atoms with Crippen molar-refractivity contribution in [3.05, 3.63) is 23.2 Å². The predicted molar refractivity (Wildman–Crippen MR) is 72.9 cm³/mol. The van der Waals surface area contributed by atoms with E-state index in [0.29, 0.717) is 11.6 Å². The lowest BCUT2D eigenvalue weighted by Gasteiger charge is -2.28. The van der Waals surface area contributed by atoms with Gasteiger partial charge in [-0.2, -0.15) is 0 Å². The van der Waals surface area contributed by atoms with Gasteiger partial charge in [-0.25, -0.2) is 19.3 Å². The van der Waals surface area contributed by atoms with E-state index >= 15 is 0 Å². The zero-order valence-corrected chi connectivity index (χ0v) is 11.4. The van der Waals surface area contributed by atoms with Gasteiger partial charge in [0.25, 0.3) is 0 Å². The van der Waals surface area contributed by atoms with Crippen LogP contribution in [0.3, 0.4) is 0 Å². The van der Waals surface area contributed by atoms with Crippen molar-refractivity contribution >= 4 is 17.2 Å². The summed E-state index contributed by atoms with van der Waals surface area (Å²) in [5.41, 5.74) is 0. The van der Waals surface area contributed by atoms with Crippen LogP contribution in [0, 0.1) is 12.7 Å². The SMILES string of the molecule is Cc1ncc(-c2ncc(F)c(N3CCNCC3)n2)s1. The summed E-state index contributed by atoms with van der Waals surface area (Å²) < 4.78 is 13.9. The highest BCUT2D eigenvalue weighted by Crippen LogP contribution is 2.25. The number of aryl methyl sites for hydroxylation is 1. The van der Waals surface area contributed by atoms with Crippen LogP contribution in [0.25, 0.3) is 10.7 Å². The monoisotopic (exact) mass is 279 g/mol. The molecule has 0 radical (unpaired) electrons. The molecular formula is C12H14FN5S. The van der Waals surface area contributed by atoms with Gasteiger partial charge < -0.3 is 10.2 Å². The van der Waals surface area contributed by atoms with Crippen molar-refractivity contribution in [1.82, 2.24) is 20.3 Å². The Labute approximate surface area is 114 Å². The molecule has 0 aliphatic carbocycles. The van der Waals surface area contributed by atoms with Crippen molar-refractivity contribution in [1.29, 1.82) is 0 Å². The lowest BCUT2D eigenvalue weighted by molar-refractivity contribution is 0.556. The summed E-state index contributed by atoms with van der Waals surface area (Å²) in [6, 6.07) is 0. The number of aromatic nitrogens is 3. The number of nitrogens with one attached hydrogen (secondary N) is 1. The molecule has 100 valence electrons. The van der Waals surface area contributed by atoms with Gasteiger partial charge in [0, 0.05) is 32.4 Å². The minimum absolute atomic E-state index is 0.369. The molecule has 1 fully saturated rings. The molecule has 7 heteroatoms. The van der Waals surface area contributed by atoms with Gasteiger partial charge in [0.05, 0.1) is 16.1 Å². The van der Waals surface area contributed by atoms with E-state index in [-0.39, 0.29) is 5.82 Å². The minimum Gasteiger partial charge on any atom is -0.352 e. The van der Waals surface area contributed by atoms with Crippen molar-refractivity contribution in [3.8, 4) is 10.7 Å². The Morgan fingerprint density at radius 2 is 2.05 bits per heavy atom. The lowest BCUT2D eigenvalue weighted by atomic mass is 10.3. The number of rotatable bonds is 2. The van der Waals surface area contributed by atoms with Gasteiger partial charge in [-0.3, -0.25) is 0 Å². The summed E-state index contributed by atoms with van der Waals surface area (Å²) in [5, 5.41) is 4.19. The van der Waals surface area contributed by atoms with Gasteiger partial charge in [0.2, 0.25) is 0 Å². The maximum Gasteiger partial charge on any atom is 0.183 e. The molecule has 0 bridgehead atoms. The molecule has 0 amide bonds. The van der Waals surface area contributed by atoms with Gasteiger partial charge in [-0.05, 0) is 6.92 Å². The summed E-state index contributed by atoms with van der Waals surface area (Å²) in [7, 11) is 0. The Morgan fingerprint density at radius 3 is 2.74 bits per heavy atom. The third kappa shape index (κ3) is 2.57. The standard InChI is InChI=1S/C12H14FN5S/c1-8-15-7-10(19-8)11-16-6-9(13)12(17-11)18-4-2-14-3-5-18/h6-7,14H,2-5H2,1H3. The number of thiazole rings is 1. The van der Waals surface area contributed by atoms with E-state index in [1.807, 2.05) is 11.8 Å². The Hall–Kier alpha value is -1.60. The Kier molecular flexibility index (Phi) is 3.39. The number of piperazine rings is 1. The molecule has 0 atom stereocenters. The molecule has 1 aliphatic rings.